The van der Waals surface area contributed by atoms with Crippen molar-refractivity contribution < 1.29 is 0 Å². The third-order valence-electron chi connectivity index (χ3n) is 5.45. The summed E-state index contributed by atoms with van der Waals surface area (Å²) in [6.07, 6.45) is 27.6. The number of hydrogen-bond donors (Lipinski definition) is 1. The van der Waals surface area contributed by atoms with Crippen molar-refractivity contribution in [2.24, 2.45) is 10.7 Å². The minimum atomic E-state index is 0.124. The van der Waals surface area contributed by atoms with Gasteiger partial charge in [-0.1, -0.05) is 76.9 Å². The topological polar surface area (TPSA) is 41.6 Å². The van der Waals surface area contributed by atoms with Crippen LogP contribution < -0.4 is 5.73 Å². The fourth-order valence-corrected chi connectivity index (χ4v) is 3.72. The molecule has 3 heteroatoms. The summed E-state index contributed by atoms with van der Waals surface area (Å²) in [5.41, 5.74) is 5.99. The van der Waals surface area contributed by atoms with E-state index in [1.165, 1.54) is 96.3 Å². The third-order valence-corrected chi connectivity index (χ3v) is 5.45. The molecule has 1 rings (SSSR count). The van der Waals surface area contributed by atoms with Crippen LogP contribution in [0.1, 0.15) is 110 Å². The summed E-state index contributed by atoms with van der Waals surface area (Å²) in [5, 5.41) is 0. The van der Waals surface area contributed by atoms with Crippen molar-refractivity contribution in [3.63, 3.8) is 0 Å². The Bertz CT molecular complexity index is 362. The molecule has 0 radical (unpaired) electrons. The van der Waals surface area contributed by atoms with Gasteiger partial charge in [-0.15, -0.1) is 0 Å². The zero-order chi connectivity index (χ0) is 18.9. The molecule has 1 aliphatic heterocycles. The molecular formula is C23H45N3. The first-order valence-corrected chi connectivity index (χ1v) is 11.4. The molecule has 0 spiro atoms. The maximum Gasteiger partial charge on any atom is 0.103 e. The second-order valence-corrected chi connectivity index (χ2v) is 7.98. The summed E-state index contributed by atoms with van der Waals surface area (Å²) in [6.45, 7) is 5.26. The van der Waals surface area contributed by atoms with Crippen molar-refractivity contribution in [1.82, 2.24) is 4.90 Å². The summed E-state index contributed by atoms with van der Waals surface area (Å²) >= 11 is 0. The number of allylic oxidation sites excluding steroid dienone is 2. The van der Waals surface area contributed by atoms with Crippen LogP contribution in [0.2, 0.25) is 0 Å². The highest BCUT2D eigenvalue weighted by molar-refractivity contribution is 5.62. The van der Waals surface area contributed by atoms with E-state index in [4.69, 9.17) is 5.73 Å². The molecule has 0 bridgehead atoms. The van der Waals surface area contributed by atoms with Crippen LogP contribution >= 0.6 is 0 Å². The highest BCUT2D eigenvalue weighted by atomic mass is 15.3. The number of nitrogens with zero attached hydrogens (tertiary/aromatic N) is 2. The predicted octanol–water partition coefficient (Wildman–Crippen LogP) is 6.43. The van der Waals surface area contributed by atoms with Crippen LogP contribution in [0.25, 0.3) is 0 Å². The lowest BCUT2D eigenvalue weighted by molar-refractivity contribution is 0.182. The molecule has 2 unspecified atom stereocenters. The lowest BCUT2D eigenvalue weighted by Gasteiger charge is -2.26. The van der Waals surface area contributed by atoms with Crippen molar-refractivity contribution in [2.45, 2.75) is 122 Å². The molecule has 152 valence electrons. The van der Waals surface area contributed by atoms with Gasteiger partial charge in [-0.05, 0) is 45.4 Å². The molecular weight excluding hydrogens is 318 g/mol. The number of hydrogen-bond acceptors (Lipinski definition) is 3. The monoisotopic (exact) mass is 363 g/mol. The highest BCUT2D eigenvalue weighted by Gasteiger charge is 2.22. The van der Waals surface area contributed by atoms with Gasteiger partial charge < -0.3 is 5.73 Å². The van der Waals surface area contributed by atoms with Gasteiger partial charge >= 0.3 is 0 Å². The Labute approximate surface area is 163 Å². The molecule has 0 aromatic carbocycles. The molecule has 2 N–H and O–H groups in total. The van der Waals surface area contributed by atoms with Crippen LogP contribution in [0.5, 0.6) is 0 Å². The number of rotatable bonds is 17. The molecule has 0 saturated carbocycles. The Kier molecular flexibility index (Phi) is 14.8. The SMILES string of the molecule is CCCCC/C=C/CCCCCCCCCCCC1N=CCN1C(C)N. The molecule has 1 aliphatic rings. The maximum absolute atomic E-state index is 5.99. The van der Waals surface area contributed by atoms with E-state index in [-0.39, 0.29) is 6.17 Å². The van der Waals surface area contributed by atoms with Crippen LogP contribution in [0.15, 0.2) is 17.1 Å². The molecule has 0 aromatic heterocycles. The van der Waals surface area contributed by atoms with Crippen LogP contribution in [-0.4, -0.2) is 30.0 Å². The Hall–Kier alpha value is -0.670. The standard InChI is InChI=1S/C23H45N3/c1-3-4-5-6-7-8-9-10-11-12-13-14-15-16-17-18-19-23-25-20-21-26(23)22(2)24/h7-8,20,22-23H,3-6,9-19,21,24H2,1-2H3/b8-7+. The first-order chi connectivity index (χ1) is 12.8. The van der Waals surface area contributed by atoms with Crippen LogP contribution in [0.4, 0.5) is 0 Å². The molecule has 2 atom stereocenters. The zero-order valence-corrected chi connectivity index (χ0v) is 17.7. The second-order valence-electron chi connectivity index (χ2n) is 7.98. The van der Waals surface area contributed by atoms with Gasteiger partial charge in [0.05, 0.1) is 6.17 Å². The van der Waals surface area contributed by atoms with E-state index in [0.29, 0.717) is 6.17 Å². The van der Waals surface area contributed by atoms with Gasteiger partial charge in [0.1, 0.15) is 6.17 Å². The summed E-state index contributed by atoms with van der Waals surface area (Å²) < 4.78 is 0. The van der Waals surface area contributed by atoms with E-state index in [1.807, 2.05) is 6.21 Å². The fourth-order valence-electron chi connectivity index (χ4n) is 3.72. The smallest absolute Gasteiger partial charge is 0.103 e. The van der Waals surface area contributed by atoms with Crippen molar-refractivity contribution in [3.8, 4) is 0 Å². The van der Waals surface area contributed by atoms with E-state index in [0.717, 1.165) is 6.54 Å². The van der Waals surface area contributed by atoms with E-state index in [2.05, 4.69) is 35.9 Å². The van der Waals surface area contributed by atoms with Crippen LogP contribution in [0, 0.1) is 0 Å². The quantitative estimate of drug-likeness (QED) is 0.239. The van der Waals surface area contributed by atoms with Gasteiger partial charge in [0, 0.05) is 12.8 Å². The summed E-state index contributed by atoms with van der Waals surface area (Å²) in [4.78, 5) is 6.85. The number of nitrogens with two attached hydrogens (primary N) is 1. The Morgan fingerprint density at radius 3 is 2.04 bits per heavy atom. The van der Waals surface area contributed by atoms with Crippen LogP contribution in [0.3, 0.4) is 0 Å². The lowest BCUT2D eigenvalue weighted by atomic mass is 10.0. The van der Waals surface area contributed by atoms with Crippen molar-refractivity contribution in [1.29, 1.82) is 0 Å². The second kappa shape index (κ2) is 16.5. The summed E-state index contributed by atoms with van der Waals surface area (Å²) in [5.74, 6) is 0. The maximum atomic E-state index is 5.99. The normalized spacial score (nSPS) is 19.0. The van der Waals surface area contributed by atoms with Gasteiger partial charge in [-0.2, -0.15) is 0 Å². The van der Waals surface area contributed by atoms with E-state index >= 15 is 0 Å². The molecule has 0 amide bonds. The van der Waals surface area contributed by atoms with Crippen molar-refractivity contribution in [2.75, 3.05) is 6.54 Å². The van der Waals surface area contributed by atoms with E-state index in [1.54, 1.807) is 0 Å². The molecule has 1 heterocycles. The Balaban J connectivity index is 1.79. The molecule has 26 heavy (non-hydrogen) atoms. The predicted molar refractivity (Wildman–Crippen MR) is 117 cm³/mol. The number of unbranched alkanes of at least 4 members (excludes halogenated alkanes) is 12. The van der Waals surface area contributed by atoms with Gasteiger partial charge in [0.2, 0.25) is 0 Å². The van der Waals surface area contributed by atoms with Gasteiger partial charge in [0.25, 0.3) is 0 Å². The zero-order valence-electron chi connectivity index (χ0n) is 17.7. The van der Waals surface area contributed by atoms with Gasteiger partial charge in [0.15, 0.2) is 0 Å². The number of aliphatic imine (C=N–C) groups is 1. The summed E-state index contributed by atoms with van der Waals surface area (Å²) in [6, 6.07) is 0. The highest BCUT2D eigenvalue weighted by Crippen LogP contribution is 2.17. The third kappa shape index (κ3) is 11.9. The Morgan fingerprint density at radius 2 is 1.46 bits per heavy atom. The molecule has 0 aromatic rings. The first-order valence-electron chi connectivity index (χ1n) is 11.4. The van der Waals surface area contributed by atoms with E-state index < -0.39 is 0 Å². The van der Waals surface area contributed by atoms with E-state index in [9.17, 15) is 0 Å². The van der Waals surface area contributed by atoms with Gasteiger partial charge in [-0.3, -0.25) is 9.89 Å². The fraction of sp³-hybridized carbons (Fsp3) is 0.870. The lowest BCUT2D eigenvalue weighted by Crippen LogP contribution is -2.43. The average molecular weight is 364 g/mol. The molecule has 3 nitrogen and oxygen atoms in total. The summed E-state index contributed by atoms with van der Waals surface area (Å²) in [7, 11) is 0. The molecule has 0 aliphatic carbocycles. The van der Waals surface area contributed by atoms with Crippen molar-refractivity contribution in [3.05, 3.63) is 12.2 Å². The minimum Gasteiger partial charge on any atom is -0.316 e. The largest absolute Gasteiger partial charge is 0.316 e. The average Bonchev–Trinajstić information content (AvgIpc) is 3.10. The molecule has 0 saturated heterocycles. The van der Waals surface area contributed by atoms with Crippen molar-refractivity contribution >= 4 is 6.21 Å². The van der Waals surface area contributed by atoms with Crippen LogP contribution in [-0.2, 0) is 0 Å². The molecule has 0 fully saturated rings. The Morgan fingerprint density at radius 1 is 0.923 bits per heavy atom. The van der Waals surface area contributed by atoms with Gasteiger partial charge in [-0.25, -0.2) is 0 Å². The minimum absolute atomic E-state index is 0.124. The first kappa shape index (κ1) is 23.4.